The highest BCUT2D eigenvalue weighted by Gasteiger charge is 2.30. The zero-order valence-electron chi connectivity index (χ0n) is 16.7. The number of carbonyl (C=O) groups is 2. The first-order valence-electron chi connectivity index (χ1n) is 9.82. The summed E-state index contributed by atoms with van der Waals surface area (Å²) < 4.78 is 1.86. The van der Waals surface area contributed by atoms with Crippen LogP contribution in [0.25, 0.3) is 5.65 Å². The standard InChI is InChI=1S/C20H29N5O2/c1-5-10-21-20(27)9-8-16-13(2)22-19-12-17(23-25(19)14(16)3)18-7-6-11-24(18)15(4)26/h12,18H,5-11H2,1-4H3,(H,21,27)/t18-/m0/s1. The Balaban J connectivity index is 1.86. The number of aromatic nitrogens is 3. The molecule has 0 radical (unpaired) electrons. The lowest BCUT2D eigenvalue weighted by molar-refractivity contribution is -0.129. The SMILES string of the molecule is CCCNC(=O)CCc1c(C)nc2cc([C@@H]3CCCN3C(C)=O)nn2c1C. The summed E-state index contributed by atoms with van der Waals surface area (Å²) in [5, 5.41) is 7.68. The van der Waals surface area contributed by atoms with Gasteiger partial charge in [0.1, 0.15) is 0 Å². The molecule has 0 aromatic carbocycles. The van der Waals surface area contributed by atoms with Gasteiger partial charge in [0.2, 0.25) is 11.8 Å². The molecule has 0 unspecified atom stereocenters. The fraction of sp³-hybridized carbons (Fsp3) is 0.600. The molecular formula is C20H29N5O2. The van der Waals surface area contributed by atoms with Crippen LogP contribution in [0.4, 0.5) is 0 Å². The second-order valence-corrected chi connectivity index (χ2v) is 7.32. The lowest BCUT2D eigenvalue weighted by Crippen LogP contribution is -2.28. The number of nitrogens with zero attached hydrogens (tertiary/aromatic N) is 4. The first-order chi connectivity index (χ1) is 12.9. The number of likely N-dealkylation sites (tertiary alicyclic amines) is 1. The lowest BCUT2D eigenvalue weighted by atomic mass is 10.1. The van der Waals surface area contributed by atoms with Crippen LogP contribution >= 0.6 is 0 Å². The lowest BCUT2D eigenvalue weighted by Gasteiger charge is -2.21. The van der Waals surface area contributed by atoms with Gasteiger partial charge in [-0.1, -0.05) is 6.92 Å². The Morgan fingerprint density at radius 3 is 2.81 bits per heavy atom. The Bertz CT molecular complexity index is 858. The zero-order chi connectivity index (χ0) is 19.6. The fourth-order valence-corrected chi connectivity index (χ4v) is 3.91. The van der Waals surface area contributed by atoms with Crippen LogP contribution in [0.5, 0.6) is 0 Å². The van der Waals surface area contributed by atoms with E-state index in [1.165, 1.54) is 0 Å². The third kappa shape index (κ3) is 3.96. The molecule has 1 atom stereocenters. The van der Waals surface area contributed by atoms with Crippen molar-refractivity contribution in [3.63, 3.8) is 0 Å². The number of carbonyl (C=O) groups excluding carboxylic acids is 2. The molecule has 3 rings (SSSR count). The van der Waals surface area contributed by atoms with E-state index in [1.54, 1.807) is 6.92 Å². The normalized spacial score (nSPS) is 16.9. The summed E-state index contributed by atoms with van der Waals surface area (Å²) >= 11 is 0. The molecule has 146 valence electrons. The molecule has 1 N–H and O–H groups in total. The van der Waals surface area contributed by atoms with Crippen LogP contribution in [0.1, 0.15) is 68.2 Å². The number of fused-ring (bicyclic) bond motifs is 1. The van der Waals surface area contributed by atoms with Gasteiger partial charge in [0, 0.05) is 43.9 Å². The molecule has 0 saturated carbocycles. The van der Waals surface area contributed by atoms with Crippen LogP contribution in [0.3, 0.4) is 0 Å². The van der Waals surface area contributed by atoms with Crippen molar-refractivity contribution < 1.29 is 9.59 Å². The molecule has 27 heavy (non-hydrogen) atoms. The summed E-state index contributed by atoms with van der Waals surface area (Å²) in [5.41, 5.74) is 4.72. The number of amides is 2. The minimum atomic E-state index is 0.0344. The first kappa shape index (κ1) is 19.3. The van der Waals surface area contributed by atoms with Crippen molar-refractivity contribution >= 4 is 17.5 Å². The smallest absolute Gasteiger partial charge is 0.220 e. The second-order valence-electron chi connectivity index (χ2n) is 7.32. The number of hydrogen-bond donors (Lipinski definition) is 1. The zero-order valence-corrected chi connectivity index (χ0v) is 16.7. The predicted molar refractivity (Wildman–Crippen MR) is 103 cm³/mol. The minimum Gasteiger partial charge on any atom is -0.356 e. The van der Waals surface area contributed by atoms with Gasteiger partial charge in [0.05, 0.1) is 11.7 Å². The third-order valence-corrected chi connectivity index (χ3v) is 5.36. The average molecular weight is 371 g/mol. The van der Waals surface area contributed by atoms with Crippen molar-refractivity contribution in [2.75, 3.05) is 13.1 Å². The molecule has 1 saturated heterocycles. The Kier molecular flexibility index (Phi) is 5.77. The van der Waals surface area contributed by atoms with Crippen LogP contribution in [-0.2, 0) is 16.0 Å². The van der Waals surface area contributed by atoms with Crippen LogP contribution in [0.2, 0.25) is 0 Å². The summed E-state index contributed by atoms with van der Waals surface area (Å²) in [4.78, 5) is 30.4. The Labute approximate surface area is 160 Å². The van der Waals surface area contributed by atoms with E-state index in [-0.39, 0.29) is 17.9 Å². The van der Waals surface area contributed by atoms with Gasteiger partial charge in [-0.15, -0.1) is 0 Å². The van der Waals surface area contributed by atoms with E-state index in [1.807, 2.05) is 36.3 Å². The van der Waals surface area contributed by atoms with E-state index < -0.39 is 0 Å². The van der Waals surface area contributed by atoms with Crippen LogP contribution in [-0.4, -0.2) is 44.4 Å². The van der Waals surface area contributed by atoms with Gasteiger partial charge in [-0.25, -0.2) is 9.50 Å². The highest BCUT2D eigenvalue weighted by atomic mass is 16.2. The molecule has 1 fully saturated rings. The maximum absolute atomic E-state index is 11.9. The summed E-state index contributed by atoms with van der Waals surface area (Å²) in [6, 6.07) is 2.02. The molecule has 0 spiro atoms. The summed E-state index contributed by atoms with van der Waals surface area (Å²) in [7, 11) is 0. The second kappa shape index (κ2) is 8.06. The third-order valence-electron chi connectivity index (χ3n) is 5.36. The van der Waals surface area contributed by atoms with E-state index in [0.29, 0.717) is 19.4 Å². The fourth-order valence-electron chi connectivity index (χ4n) is 3.91. The molecule has 7 heteroatoms. The summed E-state index contributed by atoms with van der Waals surface area (Å²) in [6.07, 6.45) is 3.97. The number of nitrogens with one attached hydrogen (secondary N) is 1. The molecule has 7 nitrogen and oxygen atoms in total. The quantitative estimate of drug-likeness (QED) is 0.846. The number of rotatable bonds is 6. The van der Waals surface area contributed by atoms with Gasteiger partial charge in [0.25, 0.3) is 0 Å². The molecule has 0 aliphatic carbocycles. The van der Waals surface area contributed by atoms with Gasteiger partial charge in [-0.2, -0.15) is 5.10 Å². The largest absolute Gasteiger partial charge is 0.356 e. The molecule has 3 heterocycles. The van der Waals surface area contributed by atoms with Gasteiger partial charge in [-0.05, 0) is 45.1 Å². The monoisotopic (exact) mass is 371 g/mol. The Hall–Kier alpha value is -2.44. The molecule has 1 aliphatic rings. The Morgan fingerprint density at radius 2 is 2.11 bits per heavy atom. The maximum atomic E-state index is 11.9. The summed E-state index contributed by atoms with van der Waals surface area (Å²) in [6.45, 7) is 9.16. The van der Waals surface area contributed by atoms with E-state index in [4.69, 9.17) is 10.1 Å². The van der Waals surface area contributed by atoms with E-state index in [0.717, 1.165) is 54.1 Å². The van der Waals surface area contributed by atoms with Gasteiger partial charge < -0.3 is 10.2 Å². The van der Waals surface area contributed by atoms with Gasteiger partial charge >= 0.3 is 0 Å². The van der Waals surface area contributed by atoms with Crippen molar-refractivity contribution in [3.8, 4) is 0 Å². The molecule has 2 amide bonds. The van der Waals surface area contributed by atoms with Gasteiger partial charge in [0.15, 0.2) is 5.65 Å². The predicted octanol–water partition coefficient (Wildman–Crippen LogP) is 2.49. The van der Waals surface area contributed by atoms with Crippen molar-refractivity contribution in [2.45, 2.75) is 65.8 Å². The Morgan fingerprint density at radius 1 is 1.33 bits per heavy atom. The van der Waals surface area contributed by atoms with Crippen molar-refractivity contribution in [2.24, 2.45) is 0 Å². The maximum Gasteiger partial charge on any atom is 0.220 e. The molecule has 0 bridgehead atoms. The number of aryl methyl sites for hydroxylation is 2. The summed E-state index contributed by atoms with van der Waals surface area (Å²) in [5.74, 6) is 0.161. The van der Waals surface area contributed by atoms with E-state index in [2.05, 4.69) is 5.32 Å². The van der Waals surface area contributed by atoms with Crippen molar-refractivity contribution in [3.05, 3.63) is 28.7 Å². The van der Waals surface area contributed by atoms with Crippen molar-refractivity contribution in [1.29, 1.82) is 0 Å². The van der Waals surface area contributed by atoms with Crippen molar-refractivity contribution in [1.82, 2.24) is 24.8 Å². The minimum absolute atomic E-state index is 0.0344. The topological polar surface area (TPSA) is 79.6 Å². The average Bonchev–Trinajstić information content (AvgIpc) is 3.26. The number of hydrogen-bond acceptors (Lipinski definition) is 4. The van der Waals surface area contributed by atoms with Crippen LogP contribution in [0, 0.1) is 13.8 Å². The first-order valence-corrected chi connectivity index (χ1v) is 9.82. The highest BCUT2D eigenvalue weighted by Crippen LogP contribution is 2.32. The molecule has 2 aromatic rings. The molecule has 2 aromatic heterocycles. The molecular weight excluding hydrogens is 342 g/mol. The van der Waals surface area contributed by atoms with E-state index in [9.17, 15) is 9.59 Å². The molecule has 1 aliphatic heterocycles. The van der Waals surface area contributed by atoms with E-state index >= 15 is 0 Å². The van der Waals surface area contributed by atoms with Crippen LogP contribution < -0.4 is 5.32 Å². The van der Waals surface area contributed by atoms with Crippen LogP contribution in [0.15, 0.2) is 6.07 Å². The highest BCUT2D eigenvalue weighted by molar-refractivity contribution is 5.76. The van der Waals surface area contributed by atoms with Gasteiger partial charge in [-0.3, -0.25) is 9.59 Å².